The van der Waals surface area contributed by atoms with Gasteiger partial charge in [-0.25, -0.2) is 0 Å². The molecule has 5 rings (SSSR count). The predicted molar refractivity (Wildman–Crippen MR) is 121 cm³/mol. The van der Waals surface area contributed by atoms with E-state index in [2.05, 4.69) is 44.9 Å². The van der Waals surface area contributed by atoms with Crippen LogP contribution in [0.5, 0.6) is 0 Å². The van der Waals surface area contributed by atoms with Crippen LogP contribution in [-0.2, 0) is 6.54 Å². The van der Waals surface area contributed by atoms with Crippen LogP contribution in [-0.4, -0.2) is 29.8 Å². The SMILES string of the molecule is O=C(NCc1ccccc1)c1ccc(-c2cc3ccc(C4=NCCN4)cc3[nH]2)cc1. The van der Waals surface area contributed by atoms with Gasteiger partial charge in [0.25, 0.3) is 5.91 Å². The third-order valence-electron chi connectivity index (χ3n) is 5.32. The van der Waals surface area contributed by atoms with Gasteiger partial charge in [-0.1, -0.05) is 54.6 Å². The van der Waals surface area contributed by atoms with E-state index in [1.54, 1.807) is 0 Å². The Balaban J connectivity index is 1.32. The lowest BCUT2D eigenvalue weighted by molar-refractivity contribution is 0.0951. The molecule has 5 nitrogen and oxygen atoms in total. The van der Waals surface area contributed by atoms with Gasteiger partial charge in [-0.15, -0.1) is 0 Å². The Morgan fingerprint density at radius 3 is 2.50 bits per heavy atom. The molecule has 0 spiro atoms. The summed E-state index contributed by atoms with van der Waals surface area (Å²) < 4.78 is 0. The summed E-state index contributed by atoms with van der Waals surface area (Å²) in [6.45, 7) is 2.25. The number of H-pyrrole nitrogens is 1. The van der Waals surface area contributed by atoms with Gasteiger partial charge in [-0.2, -0.15) is 0 Å². The maximum atomic E-state index is 12.4. The summed E-state index contributed by atoms with van der Waals surface area (Å²) in [5, 5.41) is 7.43. The molecule has 4 aromatic rings. The van der Waals surface area contributed by atoms with Gasteiger partial charge in [0.2, 0.25) is 0 Å². The van der Waals surface area contributed by atoms with Crippen LogP contribution in [0.3, 0.4) is 0 Å². The van der Waals surface area contributed by atoms with Gasteiger partial charge in [0.05, 0.1) is 6.54 Å². The van der Waals surface area contributed by atoms with Crippen molar-refractivity contribution >= 4 is 22.6 Å². The van der Waals surface area contributed by atoms with Gasteiger partial charge in [-0.3, -0.25) is 9.79 Å². The minimum absolute atomic E-state index is 0.0727. The molecule has 148 valence electrons. The lowest BCUT2D eigenvalue weighted by Crippen LogP contribution is -2.22. The number of carbonyl (C=O) groups is 1. The number of aromatic amines is 1. The number of carbonyl (C=O) groups excluding carboxylic acids is 1. The largest absolute Gasteiger partial charge is 0.368 e. The van der Waals surface area contributed by atoms with Crippen molar-refractivity contribution in [1.29, 1.82) is 0 Å². The molecule has 0 fully saturated rings. The number of nitrogens with zero attached hydrogens (tertiary/aromatic N) is 1. The Bertz CT molecular complexity index is 1220. The summed E-state index contributed by atoms with van der Waals surface area (Å²) in [5.74, 6) is 0.885. The van der Waals surface area contributed by atoms with Crippen molar-refractivity contribution in [1.82, 2.24) is 15.6 Å². The molecular weight excluding hydrogens is 372 g/mol. The second-order valence-corrected chi connectivity index (χ2v) is 7.39. The fraction of sp³-hybridized carbons (Fsp3) is 0.120. The van der Waals surface area contributed by atoms with Crippen molar-refractivity contribution in [3.63, 3.8) is 0 Å². The standard InChI is InChI=1S/C25H22N4O/c30-25(28-16-17-4-2-1-3-5-17)19-8-6-18(7-9-19)22-14-20-10-11-21(15-23(20)29-22)24-26-12-13-27-24/h1-11,14-15,29H,12-13,16H2,(H,26,27)(H,28,30). The molecule has 0 atom stereocenters. The maximum Gasteiger partial charge on any atom is 0.251 e. The number of hydrogen-bond donors (Lipinski definition) is 3. The normalized spacial score (nSPS) is 13.1. The molecule has 1 amide bonds. The number of amides is 1. The Kier molecular flexibility index (Phi) is 4.77. The molecule has 0 saturated heterocycles. The molecule has 0 saturated carbocycles. The van der Waals surface area contributed by atoms with E-state index in [9.17, 15) is 4.79 Å². The zero-order valence-electron chi connectivity index (χ0n) is 16.5. The number of amidine groups is 1. The molecule has 1 aliphatic heterocycles. The summed E-state index contributed by atoms with van der Waals surface area (Å²) in [6.07, 6.45) is 0. The monoisotopic (exact) mass is 394 g/mol. The van der Waals surface area contributed by atoms with Gasteiger partial charge < -0.3 is 15.6 Å². The van der Waals surface area contributed by atoms with E-state index in [0.717, 1.165) is 52.2 Å². The molecule has 1 aliphatic rings. The minimum Gasteiger partial charge on any atom is -0.368 e. The Morgan fingerprint density at radius 1 is 0.933 bits per heavy atom. The van der Waals surface area contributed by atoms with Gasteiger partial charge >= 0.3 is 0 Å². The number of rotatable bonds is 5. The number of fused-ring (bicyclic) bond motifs is 1. The van der Waals surface area contributed by atoms with E-state index in [0.29, 0.717) is 12.1 Å². The summed E-state index contributed by atoms with van der Waals surface area (Å²) >= 11 is 0. The number of benzene rings is 3. The molecule has 0 bridgehead atoms. The molecule has 30 heavy (non-hydrogen) atoms. The topological polar surface area (TPSA) is 69.3 Å². The highest BCUT2D eigenvalue weighted by atomic mass is 16.1. The molecule has 0 radical (unpaired) electrons. The van der Waals surface area contributed by atoms with Crippen LogP contribution in [0.15, 0.2) is 83.9 Å². The Hall–Kier alpha value is -3.86. The van der Waals surface area contributed by atoms with Gasteiger partial charge in [-0.05, 0) is 35.4 Å². The number of aromatic nitrogens is 1. The van der Waals surface area contributed by atoms with Gasteiger partial charge in [0.1, 0.15) is 5.84 Å². The average Bonchev–Trinajstić information content (AvgIpc) is 3.48. The summed E-state index contributed by atoms with van der Waals surface area (Å²) in [6, 6.07) is 26.1. The van der Waals surface area contributed by atoms with Crippen LogP contribution in [0.2, 0.25) is 0 Å². The van der Waals surface area contributed by atoms with Crippen LogP contribution in [0.1, 0.15) is 21.5 Å². The van der Waals surface area contributed by atoms with Crippen molar-refractivity contribution < 1.29 is 4.79 Å². The predicted octanol–water partition coefficient (Wildman–Crippen LogP) is 4.11. The van der Waals surface area contributed by atoms with E-state index in [4.69, 9.17) is 0 Å². The first kappa shape index (κ1) is 18.2. The van der Waals surface area contributed by atoms with Crippen molar-refractivity contribution in [2.24, 2.45) is 4.99 Å². The van der Waals surface area contributed by atoms with Crippen LogP contribution in [0, 0.1) is 0 Å². The summed E-state index contributed by atoms with van der Waals surface area (Å²) in [7, 11) is 0. The molecule has 2 heterocycles. The third kappa shape index (κ3) is 3.70. The third-order valence-corrected chi connectivity index (χ3v) is 5.32. The molecular formula is C25H22N4O. The zero-order valence-corrected chi connectivity index (χ0v) is 16.5. The van der Waals surface area contributed by atoms with Crippen molar-refractivity contribution in [3.8, 4) is 11.3 Å². The molecule has 0 aliphatic carbocycles. The second-order valence-electron chi connectivity index (χ2n) is 7.39. The number of hydrogen-bond acceptors (Lipinski definition) is 3. The maximum absolute atomic E-state index is 12.4. The fourth-order valence-electron chi connectivity index (χ4n) is 3.70. The van der Waals surface area contributed by atoms with E-state index in [1.165, 1.54) is 0 Å². The molecule has 3 aromatic carbocycles. The van der Waals surface area contributed by atoms with E-state index >= 15 is 0 Å². The molecule has 3 N–H and O–H groups in total. The highest BCUT2D eigenvalue weighted by Crippen LogP contribution is 2.25. The quantitative estimate of drug-likeness (QED) is 0.477. The van der Waals surface area contributed by atoms with Crippen LogP contribution >= 0.6 is 0 Å². The van der Waals surface area contributed by atoms with E-state index in [-0.39, 0.29) is 5.91 Å². The highest BCUT2D eigenvalue weighted by molar-refractivity contribution is 6.03. The van der Waals surface area contributed by atoms with Crippen molar-refractivity contribution in [2.45, 2.75) is 6.54 Å². The molecule has 1 aromatic heterocycles. The smallest absolute Gasteiger partial charge is 0.251 e. The van der Waals surface area contributed by atoms with Crippen molar-refractivity contribution in [2.75, 3.05) is 13.1 Å². The summed E-state index contributed by atoms with van der Waals surface area (Å²) in [5.41, 5.74) is 5.97. The first-order valence-corrected chi connectivity index (χ1v) is 10.1. The highest BCUT2D eigenvalue weighted by Gasteiger charge is 2.11. The fourth-order valence-corrected chi connectivity index (χ4v) is 3.70. The minimum atomic E-state index is -0.0727. The summed E-state index contributed by atoms with van der Waals surface area (Å²) in [4.78, 5) is 20.4. The first-order chi connectivity index (χ1) is 14.8. The van der Waals surface area contributed by atoms with Crippen LogP contribution in [0.4, 0.5) is 0 Å². The number of nitrogens with one attached hydrogen (secondary N) is 3. The van der Waals surface area contributed by atoms with Crippen LogP contribution in [0.25, 0.3) is 22.2 Å². The van der Waals surface area contributed by atoms with Crippen molar-refractivity contribution in [3.05, 3.63) is 95.6 Å². The average molecular weight is 394 g/mol. The van der Waals surface area contributed by atoms with Gasteiger partial charge in [0, 0.05) is 40.8 Å². The molecule has 5 heteroatoms. The first-order valence-electron chi connectivity index (χ1n) is 10.1. The lowest BCUT2D eigenvalue weighted by Gasteiger charge is -2.06. The second kappa shape index (κ2) is 7.87. The van der Waals surface area contributed by atoms with E-state index < -0.39 is 0 Å². The van der Waals surface area contributed by atoms with Crippen LogP contribution < -0.4 is 10.6 Å². The Labute approximate surface area is 174 Å². The Morgan fingerprint density at radius 2 is 1.73 bits per heavy atom. The molecule has 0 unspecified atom stereocenters. The zero-order chi connectivity index (χ0) is 20.3. The van der Waals surface area contributed by atoms with E-state index in [1.807, 2.05) is 54.6 Å². The number of aliphatic imine (C=N–C) groups is 1. The van der Waals surface area contributed by atoms with Gasteiger partial charge in [0.15, 0.2) is 0 Å². The lowest BCUT2D eigenvalue weighted by atomic mass is 10.1.